The van der Waals surface area contributed by atoms with Crippen LogP contribution in [0.4, 0.5) is 0 Å². The number of halogens is 1. The Labute approximate surface area is 234 Å². The van der Waals surface area contributed by atoms with E-state index in [4.69, 9.17) is 30.8 Å². The number of hydrogen-bond acceptors (Lipinski definition) is 5. The highest BCUT2D eigenvalue weighted by molar-refractivity contribution is 6.30. The fourth-order valence-corrected chi connectivity index (χ4v) is 4.42. The van der Waals surface area contributed by atoms with Gasteiger partial charge in [-0.3, -0.25) is 4.79 Å². The number of amides is 1. The molecule has 7 nitrogen and oxygen atoms in total. The molecule has 0 fully saturated rings. The van der Waals surface area contributed by atoms with Gasteiger partial charge in [0.05, 0.1) is 24.8 Å². The van der Waals surface area contributed by atoms with Gasteiger partial charge in [-0.25, -0.2) is 4.98 Å². The Kier molecular flexibility index (Phi) is 10.3. The molecule has 39 heavy (non-hydrogen) atoms. The molecule has 1 heterocycles. The van der Waals surface area contributed by atoms with Crippen LogP contribution in [0, 0.1) is 0 Å². The highest BCUT2D eigenvalue weighted by Crippen LogP contribution is 2.28. The van der Waals surface area contributed by atoms with Crippen LogP contribution in [-0.4, -0.2) is 42.3 Å². The molecular weight excluding hydrogens is 514 g/mol. The number of benzene rings is 3. The summed E-state index contributed by atoms with van der Waals surface area (Å²) in [5.41, 5.74) is 3.18. The standard InChI is InChI=1S/C31H34ClN3O4/c1-3-8-23-11-16-28(29(21-23)37-2)38-20-7-6-19-35-27-10-5-4-9-26(27)34-30(35)17-18-33-31(36)22-39-25-14-12-24(32)13-15-25/h3-5,9-16,21H,1,6-8,17-20,22H2,2H3,(H,33,36). The van der Waals surface area contributed by atoms with Crippen LogP contribution in [0.2, 0.25) is 5.02 Å². The van der Waals surface area contributed by atoms with Crippen LogP contribution in [0.1, 0.15) is 24.2 Å². The van der Waals surface area contributed by atoms with Gasteiger partial charge in [0.25, 0.3) is 5.91 Å². The zero-order valence-corrected chi connectivity index (χ0v) is 23.0. The molecule has 0 saturated carbocycles. The van der Waals surface area contributed by atoms with Crippen molar-refractivity contribution >= 4 is 28.5 Å². The first kappa shape index (κ1) is 28.0. The van der Waals surface area contributed by atoms with E-state index in [1.54, 1.807) is 31.4 Å². The van der Waals surface area contributed by atoms with Gasteiger partial charge in [0, 0.05) is 24.5 Å². The van der Waals surface area contributed by atoms with Crippen LogP contribution >= 0.6 is 11.6 Å². The molecule has 204 valence electrons. The first-order chi connectivity index (χ1) is 19.1. The summed E-state index contributed by atoms with van der Waals surface area (Å²) in [7, 11) is 1.65. The maximum absolute atomic E-state index is 12.3. The van der Waals surface area contributed by atoms with Crippen molar-refractivity contribution in [2.45, 2.75) is 32.2 Å². The van der Waals surface area contributed by atoms with E-state index in [0.29, 0.717) is 30.3 Å². The monoisotopic (exact) mass is 547 g/mol. The molecular formula is C31H34ClN3O4. The number of ether oxygens (including phenoxy) is 3. The number of nitrogens with zero attached hydrogens (tertiary/aromatic N) is 2. The van der Waals surface area contributed by atoms with E-state index < -0.39 is 0 Å². The molecule has 8 heteroatoms. The number of carbonyl (C=O) groups is 1. The second kappa shape index (κ2) is 14.3. The quantitative estimate of drug-likeness (QED) is 0.145. The van der Waals surface area contributed by atoms with E-state index in [-0.39, 0.29) is 12.5 Å². The Hall–Kier alpha value is -3.97. The second-order valence-corrected chi connectivity index (χ2v) is 9.48. The van der Waals surface area contributed by atoms with Crippen molar-refractivity contribution in [1.82, 2.24) is 14.9 Å². The molecule has 0 aliphatic heterocycles. The maximum atomic E-state index is 12.3. The van der Waals surface area contributed by atoms with Gasteiger partial charge in [-0.2, -0.15) is 0 Å². The molecule has 0 aliphatic carbocycles. The molecule has 0 atom stereocenters. The molecule has 0 radical (unpaired) electrons. The van der Waals surface area contributed by atoms with Gasteiger partial charge < -0.3 is 24.1 Å². The lowest BCUT2D eigenvalue weighted by Gasteiger charge is -2.13. The minimum atomic E-state index is -0.183. The summed E-state index contributed by atoms with van der Waals surface area (Å²) in [5, 5.41) is 3.54. The number of unbranched alkanes of at least 4 members (excludes halogenated alkanes) is 1. The number of rotatable bonds is 15. The van der Waals surface area contributed by atoms with E-state index in [1.165, 1.54) is 0 Å². The topological polar surface area (TPSA) is 74.6 Å². The Morgan fingerprint density at radius 2 is 1.87 bits per heavy atom. The van der Waals surface area contributed by atoms with Gasteiger partial charge in [-0.05, 0) is 73.4 Å². The number of aryl methyl sites for hydroxylation is 1. The first-order valence-corrected chi connectivity index (χ1v) is 13.4. The zero-order valence-electron chi connectivity index (χ0n) is 22.2. The van der Waals surface area contributed by atoms with Crippen LogP contribution in [0.5, 0.6) is 17.2 Å². The van der Waals surface area contributed by atoms with Crippen molar-refractivity contribution in [1.29, 1.82) is 0 Å². The van der Waals surface area contributed by atoms with Gasteiger partial charge in [0.1, 0.15) is 11.6 Å². The van der Waals surface area contributed by atoms with Crippen molar-refractivity contribution in [3.63, 3.8) is 0 Å². The van der Waals surface area contributed by atoms with E-state index in [2.05, 4.69) is 22.5 Å². The van der Waals surface area contributed by atoms with Crippen molar-refractivity contribution < 1.29 is 19.0 Å². The smallest absolute Gasteiger partial charge is 0.257 e. The van der Waals surface area contributed by atoms with Crippen LogP contribution in [0.3, 0.4) is 0 Å². The Morgan fingerprint density at radius 1 is 1.05 bits per heavy atom. The molecule has 0 spiro atoms. The summed E-state index contributed by atoms with van der Waals surface area (Å²) in [6.07, 6.45) is 5.08. The molecule has 3 aromatic carbocycles. The molecule has 1 N–H and O–H groups in total. The predicted octanol–water partition coefficient (Wildman–Crippen LogP) is 6.02. The number of para-hydroxylation sites is 2. The zero-order chi connectivity index (χ0) is 27.5. The Morgan fingerprint density at radius 3 is 2.67 bits per heavy atom. The van der Waals surface area contributed by atoms with E-state index in [9.17, 15) is 4.79 Å². The van der Waals surface area contributed by atoms with Crippen LogP contribution in [0.15, 0.2) is 79.4 Å². The Bertz CT molecular complexity index is 1380. The average Bonchev–Trinajstić information content (AvgIpc) is 3.30. The van der Waals surface area contributed by atoms with Crippen molar-refractivity contribution in [3.05, 3.63) is 95.8 Å². The van der Waals surface area contributed by atoms with Gasteiger partial charge in [0.2, 0.25) is 0 Å². The normalized spacial score (nSPS) is 10.8. The average molecular weight is 548 g/mol. The van der Waals surface area contributed by atoms with Crippen LogP contribution in [-0.2, 0) is 24.2 Å². The van der Waals surface area contributed by atoms with Crippen LogP contribution < -0.4 is 19.5 Å². The number of aromatic nitrogens is 2. The van der Waals surface area contributed by atoms with Gasteiger partial charge in [-0.15, -0.1) is 6.58 Å². The molecule has 4 rings (SSSR count). The number of carbonyl (C=O) groups excluding carboxylic acids is 1. The Balaban J connectivity index is 1.27. The molecule has 4 aromatic rings. The molecule has 1 aromatic heterocycles. The first-order valence-electron chi connectivity index (χ1n) is 13.1. The minimum absolute atomic E-state index is 0.0557. The van der Waals surface area contributed by atoms with Crippen molar-refractivity contribution in [2.24, 2.45) is 0 Å². The molecule has 0 unspecified atom stereocenters. The van der Waals surface area contributed by atoms with E-state index >= 15 is 0 Å². The summed E-state index contributed by atoms with van der Waals surface area (Å²) < 4.78 is 19.3. The maximum Gasteiger partial charge on any atom is 0.257 e. The van der Waals surface area contributed by atoms with E-state index in [0.717, 1.165) is 59.7 Å². The van der Waals surface area contributed by atoms with Crippen molar-refractivity contribution in [3.8, 4) is 17.2 Å². The summed E-state index contributed by atoms with van der Waals surface area (Å²) in [6.45, 7) is 5.60. The van der Waals surface area contributed by atoms with Gasteiger partial charge in [0.15, 0.2) is 18.1 Å². The van der Waals surface area contributed by atoms with E-state index in [1.807, 2.05) is 42.5 Å². The third-order valence-electron chi connectivity index (χ3n) is 6.23. The van der Waals surface area contributed by atoms with Crippen molar-refractivity contribution in [2.75, 3.05) is 26.9 Å². The third kappa shape index (κ3) is 8.01. The number of nitrogens with one attached hydrogen (secondary N) is 1. The lowest BCUT2D eigenvalue weighted by Crippen LogP contribution is -2.31. The molecule has 1 amide bonds. The highest BCUT2D eigenvalue weighted by atomic mass is 35.5. The van der Waals surface area contributed by atoms with Gasteiger partial charge >= 0.3 is 0 Å². The van der Waals surface area contributed by atoms with Gasteiger partial charge in [-0.1, -0.05) is 35.9 Å². The fourth-order valence-electron chi connectivity index (χ4n) is 4.29. The SMILES string of the molecule is C=CCc1ccc(OCCCCn2c(CCNC(=O)COc3ccc(Cl)cc3)nc3ccccc32)c(OC)c1. The number of fused-ring (bicyclic) bond motifs is 1. The summed E-state index contributed by atoms with van der Waals surface area (Å²) in [5.74, 6) is 2.84. The number of imidazole rings is 1. The summed E-state index contributed by atoms with van der Waals surface area (Å²) >= 11 is 5.88. The lowest BCUT2D eigenvalue weighted by molar-refractivity contribution is -0.123. The minimum Gasteiger partial charge on any atom is -0.493 e. The molecule has 0 saturated heterocycles. The largest absolute Gasteiger partial charge is 0.493 e. The third-order valence-corrected chi connectivity index (χ3v) is 6.48. The summed E-state index contributed by atoms with van der Waals surface area (Å²) in [6, 6.07) is 21.0. The fraction of sp³-hybridized carbons (Fsp3) is 0.290. The number of allylic oxidation sites excluding steroid dienone is 1. The molecule has 0 aliphatic rings. The number of hydrogen-bond donors (Lipinski definition) is 1. The molecule has 0 bridgehead atoms. The predicted molar refractivity (Wildman–Crippen MR) is 155 cm³/mol. The number of methoxy groups -OCH3 is 1. The summed E-state index contributed by atoms with van der Waals surface area (Å²) in [4.78, 5) is 17.1. The van der Waals surface area contributed by atoms with Crippen LogP contribution in [0.25, 0.3) is 11.0 Å². The highest BCUT2D eigenvalue weighted by Gasteiger charge is 2.12. The lowest BCUT2D eigenvalue weighted by atomic mass is 10.1. The second-order valence-electron chi connectivity index (χ2n) is 9.04.